The van der Waals surface area contributed by atoms with Crippen molar-refractivity contribution in [2.45, 2.75) is 90.0 Å². The first-order valence-electron chi connectivity index (χ1n) is 23.3. The Morgan fingerprint density at radius 3 is 1.71 bits per heavy atom. The molecule has 1 fully saturated rings. The molecule has 69 heavy (non-hydrogen) atoms. The van der Waals surface area contributed by atoms with Crippen molar-refractivity contribution in [3.8, 4) is 0 Å². The Labute approximate surface area is 404 Å². The van der Waals surface area contributed by atoms with Crippen molar-refractivity contribution < 1.29 is 81.0 Å². The van der Waals surface area contributed by atoms with E-state index >= 15 is 0 Å². The molecule has 6 amide bonds. The van der Waals surface area contributed by atoms with E-state index in [1.54, 1.807) is 7.11 Å². The fraction of sp³-hybridized carbons (Fsp3) is 0.791. The number of primary amides is 1. The number of nitrogens with one attached hydrogen (secondary N) is 5. The second-order valence-electron chi connectivity index (χ2n) is 16.8. The van der Waals surface area contributed by atoms with Gasteiger partial charge in [0.2, 0.25) is 35.4 Å². The van der Waals surface area contributed by atoms with Gasteiger partial charge in [0.05, 0.1) is 118 Å². The molecule has 25 nitrogen and oxygen atoms in total. The van der Waals surface area contributed by atoms with E-state index in [4.69, 9.17) is 43.6 Å². The summed E-state index contributed by atoms with van der Waals surface area (Å²) in [5.41, 5.74) is 5.86. The molecule has 1 saturated heterocycles. The molecule has 1 aliphatic rings. The van der Waals surface area contributed by atoms with Gasteiger partial charge in [-0.05, 0) is 38.0 Å². The van der Waals surface area contributed by atoms with Crippen molar-refractivity contribution in [3.05, 3.63) is 18.2 Å². The van der Waals surface area contributed by atoms with Crippen molar-refractivity contribution in [2.24, 2.45) is 17.6 Å². The Morgan fingerprint density at radius 2 is 1.25 bits per heavy atom. The zero-order chi connectivity index (χ0) is 51.0. The molecule has 0 radical (unpaired) electrons. The first kappa shape index (κ1) is 61.0. The average Bonchev–Trinajstić information content (AvgIpc) is 4.00. The van der Waals surface area contributed by atoms with Gasteiger partial charge in [-0.25, -0.2) is 4.98 Å². The van der Waals surface area contributed by atoms with Crippen molar-refractivity contribution in [1.29, 1.82) is 0 Å². The van der Waals surface area contributed by atoms with Gasteiger partial charge < -0.3 is 84.6 Å². The van der Waals surface area contributed by atoms with E-state index in [2.05, 4.69) is 31.2 Å². The predicted octanol–water partition coefficient (Wildman–Crippen LogP) is -1.60. The molecule has 0 saturated carbocycles. The van der Waals surface area contributed by atoms with Crippen LogP contribution >= 0.6 is 7.60 Å². The van der Waals surface area contributed by atoms with Crippen LogP contribution in [0.4, 0.5) is 0 Å². The molecule has 6 atom stereocenters. The minimum absolute atomic E-state index is 0.0309. The molecule has 2 heterocycles. The molecule has 9 N–H and O–H groups in total. The maximum Gasteiger partial charge on any atom is 0.325 e. The molecule has 1 aromatic rings. The lowest BCUT2D eigenvalue weighted by Crippen LogP contribution is -2.59. The zero-order valence-corrected chi connectivity index (χ0v) is 41.6. The molecule has 0 spiro atoms. The average molecular weight is 1010 g/mol. The van der Waals surface area contributed by atoms with Crippen LogP contribution in [0.15, 0.2) is 12.5 Å². The van der Waals surface area contributed by atoms with Crippen molar-refractivity contribution >= 4 is 43.0 Å². The lowest BCUT2D eigenvalue weighted by atomic mass is 10.0. The Bertz CT molecular complexity index is 1690. The normalized spacial score (nSPS) is 16.1. The molecule has 396 valence electrons. The second-order valence-corrected chi connectivity index (χ2v) is 18.4. The monoisotopic (exact) mass is 1010 g/mol. The van der Waals surface area contributed by atoms with Crippen LogP contribution in [-0.2, 0) is 77.6 Å². The maximum absolute atomic E-state index is 13.9. The number of hydrogen-bond donors (Lipinski definition) is 8. The third-order valence-corrected chi connectivity index (χ3v) is 11.5. The molecule has 1 unspecified atom stereocenters. The number of amides is 6. The number of imidazole rings is 1. The number of ether oxygens (including phenoxy) is 8. The van der Waals surface area contributed by atoms with Gasteiger partial charge in [-0.15, -0.1) is 0 Å². The van der Waals surface area contributed by atoms with Crippen LogP contribution in [0.3, 0.4) is 0 Å². The summed E-state index contributed by atoms with van der Waals surface area (Å²) >= 11 is 0. The fourth-order valence-electron chi connectivity index (χ4n) is 6.91. The van der Waals surface area contributed by atoms with E-state index in [1.807, 2.05) is 13.8 Å². The molecule has 0 bridgehead atoms. The van der Waals surface area contributed by atoms with Crippen LogP contribution in [0.5, 0.6) is 0 Å². The third kappa shape index (κ3) is 27.2. The lowest BCUT2D eigenvalue weighted by Gasteiger charge is -2.28. The number of carbonyl (C=O) groups excluding carboxylic acids is 6. The Morgan fingerprint density at radius 1 is 0.739 bits per heavy atom. The predicted molar refractivity (Wildman–Crippen MR) is 247 cm³/mol. The fourth-order valence-corrected chi connectivity index (χ4v) is 7.87. The Balaban J connectivity index is 1.77. The van der Waals surface area contributed by atoms with Gasteiger partial charge in [-0.1, -0.05) is 20.8 Å². The molecule has 26 heteroatoms. The number of carbonyl (C=O) groups is 6. The van der Waals surface area contributed by atoms with E-state index in [9.17, 15) is 43.1 Å². The minimum Gasteiger partial charge on any atom is -0.382 e. The first-order valence-corrected chi connectivity index (χ1v) is 25.1. The van der Waals surface area contributed by atoms with Gasteiger partial charge in [-0.3, -0.25) is 33.3 Å². The van der Waals surface area contributed by atoms with Crippen LogP contribution in [-0.4, -0.2) is 209 Å². The number of methoxy groups -OCH3 is 1. The Kier molecular flexibility index (Phi) is 31.0. The molecule has 0 aromatic carbocycles. The highest BCUT2D eigenvalue weighted by Crippen LogP contribution is 2.37. The zero-order valence-electron chi connectivity index (χ0n) is 40.7. The number of rotatable bonds is 40. The Hall–Kier alpha value is -4.14. The highest BCUT2D eigenvalue weighted by molar-refractivity contribution is 7.51. The van der Waals surface area contributed by atoms with Gasteiger partial charge in [0.15, 0.2) is 0 Å². The maximum atomic E-state index is 13.9. The van der Waals surface area contributed by atoms with Gasteiger partial charge in [-0.2, -0.15) is 0 Å². The number of aromatic amines is 1. The standard InChI is InChI=1S/C43H77N8O17P/c1-30(2)25-34(42(56)48-35(26-33-27-45-29-46-33)41(55)47-32(4)40(54)50-38(39(44)53)31(3)28-69(58,59)60)49-43(57)36-7-6-9-51(36)37(52)8-10-62-13-14-64-17-18-66-21-22-68-24-23-67-20-19-65-16-15-63-12-11-61-5/h27,29-32,34-36,38H,6-26,28H2,1-5H3,(H2,44,53)(H,45,46)(H,47,55)(H,48,56)(H,49,57)(H,50,54)(H2,58,59,60)/t31-,32-,34-,35-,36?,38-/m0/s1. The van der Waals surface area contributed by atoms with Crippen molar-refractivity contribution in [3.63, 3.8) is 0 Å². The van der Waals surface area contributed by atoms with E-state index in [0.29, 0.717) is 111 Å². The molecular formula is C43H77N8O17P. The minimum atomic E-state index is -4.56. The van der Waals surface area contributed by atoms with E-state index in [-0.39, 0.29) is 44.3 Å². The largest absolute Gasteiger partial charge is 0.382 e. The number of H-pyrrole nitrogens is 1. The van der Waals surface area contributed by atoms with Gasteiger partial charge in [0, 0.05) is 32.0 Å². The van der Waals surface area contributed by atoms with Gasteiger partial charge in [0.1, 0.15) is 30.2 Å². The van der Waals surface area contributed by atoms with Gasteiger partial charge >= 0.3 is 7.60 Å². The lowest BCUT2D eigenvalue weighted by molar-refractivity contribution is -0.140. The molecular weight excluding hydrogens is 931 g/mol. The van der Waals surface area contributed by atoms with Crippen molar-refractivity contribution in [2.75, 3.05) is 119 Å². The highest BCUT2D eigenvalue weighted by atomic mass is 31.2. The van der Waals surface area contributed by atoms with E-state index in [1.165, 1.54) is 31.3 Å². The van der Waals surface area contributed by atoms with E-state index < -0.39 is 79.4 Å². The van der Waals surface area contributed by atoms with Crippen LogP contribution < -0.4 is 27.0 Å². The number of nitrogens with two attached hydrogens (primary N) is 1. The molecule has 2 rings (SSSR count). The number of nitrogens with zero attached hydrogens (tertiary/aromatic N) is 2. The summed E-state index contributed by atoms with van der Waals surface area (Å²) in [6, 6.07) is -5.96. The summed E-state index contributed by atoms with van der Waals surface area (Å²) < 4.78 is 54.7. The summed E-state index contributed by atoms with van der Waals surface area (Å²) in [6.07, 6.45) is 3.19. The summed E-state index contributed by atoms with van der Waals surface area (Å²) in [6.45, 7) is 12.9. The molecule has 1 aromatic heterocycles. The van der Waals surface area contributed by atoms with Crippen molar-refractivity contribution in [1.82, 2.24) is 36.1 Å². The number of aromatic nitrogens is 2. The van der Waals surface area contributed by atoms with Gasteiger partial charge in [0.25, 0.3) is 0 Å². The first-order chi connectivity index (χ1) is 32.9. The molecule has 0 aliphatic carbocycles. The quantitative estimate of drug-likeness (QED) is 0.0271. The topological polar surface area (TPSA) is 340 Å². The third-order valence-electron chi connectivity index (χ3n) is 10.4. The van der Waals surface area contributed by atoms with Crippen LogP contribution in [0.25, 0.3) is 0 Å². The van der Waals surface area contributed by atoms with E-state index in [0.717, 1.165) is 0 Å². The second kappa shape index (κ2) is 35.0. The summed E-state index contributed by atoms with van der Waals surface area (Å²) in [5, 5.41) is 10.3. The van der Waals surface area contributed by atoms with Crippen LogP contribution in [0.2, 0.25) is 0 Å². The molecule has 1 aliphatic heterocycles. The SMILES string of the molecule is COCCOCCOCCOCCOCCOCCOCCOCCC(=O)N1CCCC1C(=O)N[C@@H](CC(C)C)C(=O)N[C@@H](Cc1cnc[nH]1)C(=O)N[C@@H](C)C(=O)N[C@H](C(N)=O)[C@@H](C)CP(=O)(O)O. The van der Waals surface area contributed by atoms with Crippen LogP contribution in [0.1, 0.15) is 59.1 Å². The van der Waals surface area contributed by atoms with Crippen LogP contribution in [0, 0.1) is 11.8 Å². The summed E-state index contributed by atoms with van der Waals surface area (Å²) in [4.78, 5) is 107. The number of likely N-dealkylation sites (tertiary alicyclic amines) is 1. The smallest absolute Gasteiger partial charge is 0.325 e. The highest BCUT2D eigenvalue weighted by Gasteiger charge is 2.37. The summed E-state index contributed by atoms with van der Waals surface area (Å²) in [7, 11) is -2.94. The summed E-state index contributed by atoms with van der Waals surface area (Å²) in [5.74, 6) is -5.31. The number of hydrogen-bond acceptors (Lipinski definition) is 16.